The van der Waals surface area contributed by atoms with E-state index in [-0.39, 0.29) is 0 Å². The Morgan fingerprint density at radius 3 is 2.45 bits per heavy atom. The molecule has 0 amide bonds. The first-order valence-electron chi connectivity index (χ1n) is 3.51. The highest BCUT2D eigenvalue weighted by molar-refractivity contribution is 5.64. The second kappa shape index (κ2) is 2.78. The Labute approximate surface area is 66.0 Å². The summed E-state index contributed by atoms with van der Waals surface area (Å²) in [5, 5.41) is 3.04. The SMILES string of the molecule is CNc1c(C)cn(C=O)c1C. The van der Waals surface area contributed by atoms with Crippen molar-refractivity contribution in [1.82, 2.24) is 4.57 Å². The van der Waals surface area contributed by atoms with Crippen molar-refractivity contribution in [3.05, 3.63) is 17.5 Å². The van der Waals surface area contributed by atoms with Gasteiger partial charge in [-0.2, -0.15) is 0 Å². The quantitative estimate of drug-likeness (QED) is 0.646. The predicted molar refractivity (Wildman–Crippen MR) is 45.6 cm³/mol. The van der Waals surface area contributed by atoms with Gasteiger partial charge in [-0.15, -0.1) is 0 Å². The summed E-state index contributed by atoms with van der Waals surface area (Å²) in [5.41, 5.74) is 3.09. The molecule has 0 unspecified atom stereocenters. The van der Waals surface area contributed by atoms with E-state index in [2.05, 4.69) is 5.32 Å². The number of nitrogens with zero attached hydrogens (tertiary/aromatic N) is 1. The summed E-state index contributed by atoms with van der Waals surface area (Å²) in [6.07, 6.45) is 2.62. The maximum Gasteiger partial charge on any atom is 0.218 e. The van der Waals surface area contributed by atoms with Gasteiger partial charge in [0.05, 0.1) is 5.69 Å². The molecule has 1 heterocycles. The zero-order valence-electron chi connectivity index (χ0n) is 7.01. The Hall–Kier alpha value is -1.25. The number of carbonyl (C=O) groups is 1. The number of carbonyl (C=O) groups excluding carboxylic acids is 1. The number of hydrogen-bond acceptors (Lipinski definition) is 2. The molecular weight excluding hydrogens is 140 g/mol. The van der Waals surface area contributed by atoms with Crippen molar-refractivity contribution in [2.24, 2.45) is 0 Å². The summed E-state index contributed by atoms with van der Waals surface area (Å²) in [7, 11) is 1.85. The Morgan fingerprint density at radius 1 is 1.55 bits per heavy atom. The van der Waals surface area contributed by atoms with Crippen molar-refractivity contribution >= 4 is 12.1 Å². The molecular formula is C8H12N2O. The van der Waals surface area contributed by atoms with E-state index in [1.165, 1.54) is 0 Å². The highest BCUT2D eigenvalue weighted by Crippen LogP contribution is 2.19. The lowest BCUT2D eigenvalue weighted by Gasteiger charge is -1.99. The van der Waals surface area contributed by atoms with Gasteiger partial charge in [-0.1, -0.05) is 0 Å². The lowest BCUT2D eigenvalue weighted by atomic mass is 10.3. The first-order chi connectivity index (χ1) is 5.20. The summed E-state index contributed by atoms with van der Waals surface area (Å²) >= 11 is 0. The van der Waals surface area contributed by atoms with Gasteiger partial charge in [-0.3, -0.25) is 9.36 Å². The van der Waals surface area contributed by atoms with E-state index >= 15 is 0 Å². The van der Waals surface area contributed by atoms with E-state index in [9.17, 15) is 4.79 Å². The second-order valence-electron chi connectivity index (χ2n) is 2.54. The van der Waals surface area contributed by atoms with E-state index < -0.39 is 0 Å². The smallest absolute Gasteiger partial charge is 0.218 e. The van der Waals surface area contributed by atoms with Crippen molar-refractivity contribution in [2.45, 2.75) is 13.8 Å². The van der Waals surface area contributed by atoms with Gasteiger partial charge in [0, 0.05) is 18.9 Å². The molecule has 1 N–H and O–H groups in total. The molecule has 0 radical (unpaired) electrons. The average molecular weight is 152 g/mol. The molecule has 0 aliphatic carbocycles. The van der Waals surface area contributed by atoms with E-state index in [1.807, 2.05) is 27.1 Å². The lowest BCUT2D eigenvalue weighted by molar-refractivity contribution is 0.546. The molecule has 1 aromatic heterocycles. The molecule has 3 heteroatoms. The van der Waals surface area contributed by atoms with Crippen LogP contribution in [0, 0.1) is 13.8 Å². The summed E-state index contributed by atoms with van der Waals surface area (Å²) < 4.78 is 1.57. The van der Waals surface area contributed by atoms with Crippen LogP contribution in [0.25, 0.3) is 0 Å². The first-order valence-corrected chi connectivity index (χ1v) is 3.51. The molecule has 0 fully saturated rings. The van der Waals surface area contributed by atoms with Crippen LogP contribution in [0.5, 0.6) is 0 Å². The third-order valence-electron chi connectivity index (χ3n) is 1.84. The van der Waals surface area contributed by atoms with Crippen LogP contribution in [-0.2, 0) is 4.79 Å². The van der Waals surface area contributed by atoms with Gasteiger partial charge in [-0.25, -0.2) is 0 Å². The number of rotatable bonds is 2. The van der Waals surface area contributed by atoms with Crippen LogP contribution in [-0.4, -0.2) is 18.0 Å². The molecule has 11 heavy (non-hydrogen) atoms. The summed E-state index contributed by atoms with van der Waals surface area (Å²) in [4.78, 5) is 10.4. The second-order valence-corrected chi connectivity index (χ2v) is 2.54. The lowest BCUT2D eigenvalue weighted by Crippen LogP contribution is -1.96. The van der Waals surface area contributed by atoms with Gasteiger partial charge in [0.2, 0.25) is 6.41 Å². The predicted octanol–water partition coefficient (Wildman–Crippen LogP) is 1.18. The van der Waals surface area contributed by atoms with E-state index in [4.69, 9.17) is 0 Å². The zero-order chi connectivity index (χ0) is 8.43. The van der Waals surface area contributed by atoms with Crippen LogP contribution >= 0.6 is 0 Å². The number of hydrogen-bond donors (Lipinski definition) is 1. The maximum atomic E-state index is 10.4. The first kappa shape index (κ1) is 7.85. The minimum absolute atomic E-state index is 0.809. The molecule has 1 aromatic rings. The minimum Gasteiger partial charge on any atom is -0.386 e. The van der Waals surface area contributed by atoms with Gasteiger partial charge in [0.1, 0.15) is 0 Å². The molecule has 0 aliphatic rings. The van der Waals surface area contributed by atoms with Gasteiger partial charge in [-0.05, 0) is 19.4 Å². The molecule has 0 bridgehead atoms. The number of aromatic nitrogens is 1. The molecule has 3 nitrogen and oxygen atoms in total. The fourth-order valence-electron chi connectivity index (χ4n) is 1.27. The number of nitrogens with one attached hydrogen (secondary N) is 1. The molecule has 1 rings (SSSR count). The monoisotopic (exact) mass is 152 g/mol. The Balaban J connectivity index is 3.24. The summed E-state index contributed by atoms with van der Waals surface area (Å²) in [6.45, 7) is 3.88. The van der Waals surface area contributed by atoms with Crippen LogP contribution < -0.4 is 5.32 Å². The number of aryl methyl sites for hydroxylation is 1. The Morgan fingerprint density at radius 2 is 2.18 bits per heavy atom. The molecule has 0 aromatic carbocycles. The van der Waals surface area contributed by atoms with Crippen molar-refractivity contribution < 1.29 is 4.79 Å². The van der Waals surface area contributed by atoms with Crippen molar-refractivity contribution in [3.63, 3.8) is 0 Å². The summed E-state index contributed by atoms with van der Waals surface area (Å²) in [6, 6.07) is 0. The van der Waals surface area contributed by atoms with Gasteiger partial charge in [0.25, 0.3) is 0 Å². The topological polar surface area (TPSA) is 34.0 Å². The highest BCUT2D eigenvalue weighted by Gasteiger charge is 2.05. The summed E-state index contributed by atoms with van der Waals surface area (Å²) in [5.74, 6) is 0. The van der Waals surface area contributed by atoms with Crippen LogP contribution in [0.1, 0.15) is 11.3 Å². The molecule has 60 valence electrons. The third-order valence-corrected chi connectivity index (χ3v) is 1.84. The normalized spacial score (nSPS) is 9.73. The molecule has 0 saturated heterocycles. The van der Waals surface area contributed by atoms with E-state index in [0.717, 1.165) is 23.4 Å². The van der Waals surface area contributed by atoms with Crippen LogP contribution in [0.15, 0.2) is 6.20 Å². The van der Waals surface area contributed by atoms with Crippen molar-refractivity contribution in [1.29, 1.82) is 0 Å². The van der Waals surface area contributed by atoms with Gasteiger partial charge >= 0.3 is 0 Å². The molecule has 0 aliphatic heterocycles. The largest absolute Gasteiger partial charge is 0.386 e. The fourth-order valence-corrected chi connectivity index (χ4v) is 1.27. The van der Waals surface area contributed by atoms with Gasteiger partial charge < -0.3 is 5.32 Å². The van der Waals surface area contributed by atoms with Crippen LogP contribution in [0.3, 0.4) is 0 Å². The van der Waals surface area contributed by atoms with Crippen molar-refractivity contribution in [3.8, 4) is 0 Å². The highest BCUT2D eigenvalue weighted by atomic mass is 16.1. The Kier molecular flexibility index (Phi) is 1.98. The van der Waals surface area contributed by atoms with Crippen molar-refractivity contribution in [2.75, 3.05) is 12.4 Å². The maximum absolute atomic E-state index is 10.4. The number of anilines is 1. The van der Waals surface area contributed by atoms with Crippen LogP contribution in [0.4, 0.5) is 5.69 Å². The zero-order valence-corrected chi connectivity index (χ0v) is 7.01. The van der Waals surface area contributed by atoms with Crippen LogP contribution in [0.2, 0.25) is 0 Å². The minimum atomic E-state index is 0.809. The Bertz CT molecular complexity index is 276. The molecule has 0 saturated carbocycles. The molecule has 0 atom stereocenters. The van der Waals surface area contributed by atoms with Gasteiger partial charge in [0.15, 0.2) is 0 Å². The van der Waals surface area contributed by atoms with E-state index in [1.54, 1.807) is 4.57 Å². The fraction of sp³-hybridized carbons (Fsp3) is 0.375. The third kappa shape index (κ3) is 1.13. The van der Waals surface area contributed by atoms with E-state index in [0.29, 0.717) is 0 Å². The molecule has 0 spiro atoms. The standard InChI is InChI=1S/C8H12N2O/c1-6-4-10(5-11)7(2)8(6)9-3/h4-5,9H,1-3H3. The average Bonchev–Trinajstić information content (AvgIpc) is 2.26.